The number of hydrogen-bond donors (Lipinski definition) is 4. The lowest BCUT2D eigenvalue weighted by Crippen LogP contribution is -2.41. The van der Waals surface area contributed by atoms with E-state index in [9.17, 15) is 9.90 Å². The third-order valence-corrected chi connectivity index (χ3v) is 7.52. The Morgan fingerprint density at radius 3 is 2.52 bits per heavy atom. The van der Waals surface area contributed by atoms with E-state index in [4.69, 9.17) is 10.9 Å². The Kier molecular flexibility index (Phi) is 5.68. The number of carbonyl (C=O) groups is 1. The van der Waals surface area contributed by atoms with Crippen LogP contribution in [0.3, 0.4) is 0 Å². The smallest absolute Gasteiger partial charge is 0.322 e. The molecule has 5 rings (SSSR count). The van der Waals surface area contributed by atoms with Crippen molar-refractivity contribution in [2.75, 3.05) is 17.2 Å². The van der Waals surface area contributed by atoms with E-state index in [0.717, 1.165) is 40.1 Å². The van der Waals surface area contributed by atoms with Crippen LogP contribution in [0.4, 0.5) is 16.2 Å². The van der Waals surface area contributed by atoms with Crippen LogP contribution in [0.5, 0.6) is 5.75 Å². The normalized spacial score (nSPS) is 16.2. The molecule has 6 N–H and O–H groups in total. The number of nitrogens with zero attached hydrogens (tertiary/aromatic N) is 1. The SMILES string of the molecule is NSc1ccc(CNC(=O)N2CC3(CCCC3)c3cc(-c4ccc(O)cc4N)ccc32)cc1. The number of urea groups is 1. The number of hydrogen-bond acceptors (Lipinski definition) is 5. The zero-order chi connectivity index (χ0) is 23.0. The second-order valence-corrected chi connectivity index (χ2v) is 9.70. The summed E-state index contributed by atoms with van der Waals surface area (Å²) in [5, 5.41) is 18.4. The number of aromatic hydroxyl groups is 1. The van der Waals surface area contributed by atoms with Crippen molar-refractivity contribution in [3.8, 4) is 16.9 Å². The molecule has 0 unspecified atom stereocenters. The number of benzene rings is 3. The molecule has 3 aromatic rings. The van der Waals surface area contributed by atoms with Crippen LogP contribution in [0.25, 0.3) is 11.1 Å². The molecule has 3 aromatic carbocycles. The molecule has 1 heterocycles. The monoisotopic (exact) mass is 460 g/mol. The maximum atomic E-state index is 13.2. The quantitative estimate of drug-likeness (QED) is 0.318. The van der Waals surface area contributed by atoms with Gasteiger partial charge in [0.05, 0.1) is 0 Å². The topological polar surface area (TPSA) is 105 Å². The van der Waals surface area contributed by atoms with Gasteiger partial charge in [0.2, 0.25) is 0 Å². The van der Waals surface area contributed by atoms with Gasteiger partial charge in [-0.25, -0.2) is 4.79 Å². The van der Waals surface area contributed by atoms with Gasteiger partial charge in [-0.15, -0.1) is 0 Å². The molecule has 170 valence electrons. The number of phenols is 1. The van der Waals surface area contributed by atoms with Crippen molar-refractivity contribution >= 4 is 29.4 Å². The molecule has 1 aliphatic carbocycles. The lowest BCUT2D eigenvalue weighted by molar-refractivity contribution is 0.245. The second-order valence-electron chi connectivity index (χ2n) is 9.00. The number of anilines is 2. The van der Waals surface area contributed by atoms with E-state index < -0.39 is 0 Å². The van der Waals surface area contributed by atoms with Crippen LogP contribution in [-0.2, 0) is 12.0 Å². The van der Waals surface area contributed by atoms with E-state index in [1.54, 1.807) is 12.1 Å². The number of carbonyl (C=O) groups excluding carboxylic acids is 1. The highest BCUT2D eigenvalue weighted by Gasteiger charge is 2.46. The van der Waals surface area contributed by atoms with E-state index in [1.807, 2.05) is 47.4 Å². The highest BCUT2D eigenvalue weighted by Crippen LogP contribution is 2.51. The van der Waals surface area contributed by atoms with Gasteiger partial charge in [0.1, 0.15) is 5.75 Å². The average Bonchev–Trinajstić information content (AvgIpc) is 3.43. The largest absolute Gasteiger partial charge is 0.508 e. The van der Waals surface area contributed by atoms with Crippen LogP contribution >= 0.6 is 11.9 Å². The minimum atomic E-state index is -0.0748. The molecule has 7 heteroatoms. The molecule has 6 nitrogen and oxygen atoms in total. The van der Waals surface area contributed by atoms with Crippen molar-refractivity contribution in [2.24, 2.45) is 5.14 Å². The first-order valence-electron chi connectivity index (χ1n) is 11.2. The highest BCUT2D eigenvalue weighted by molar-refractivity contribution is 7.97. The summed E-state index contributed by atoms with van der Waals surface area (Å²) in [6.07, 6.45) is 4.50. The third kappa shape index (κ3) is 4.03. The Labute approximate surface area is 198 Å². The van der Waals surface area contributed by atoms with Gasteiger partial charge < -0.3 is 16.2 Å². The first kappa shape index (κ1) is 21.7. The molecule has 0 atom stereocenters. The maximum Gasteiger partial charge on any atom is 0.322 e. The number of fused-ring (bicyclic) bond motifs is 2. The standard InChI is InChI=1S/C26H28N4O2S/c27-23-14-19(31)6-9-21(23)18-5-10-24-22(13-18)26(11-1-2-12-26)16-30(24)25(32)29-15-17-3-7-20(33-28)8-4-17/h3-10,13-14,31H,1-2,11-12,15-16,27-28H2,(H,29,32). The zero-order valence-corrected chi connectivity index (χ0v) is 19.2. The molecular weight excluding hydrogens is 432 g/mol. The van der Waals surface area contributed by atoms with Crippen LogP contribution in [0.1, 0.15) is 36.8 Å². The lowest BCUT2D eigenvalue weighted by atomic mass is 9.80. The summed E-state index contributed by atoms with van der Waals surface area (Å²) >= 11 is 1.21. The molecule has 1 fully saturated rings. The van der Waals surface area contributed by atoms with Crippen LogP contribution in [0, 0.1) is 0 Å². The summed E-state index contributed by atoms with van der Waals surface area (Å²) in [5.74, 6) is 0.156. The van der Waals surface area contributed by atoms with Crippen molar-refractivity contribution in [1.29, 1.82) is 0 Å². The number of nitrogens with one attached hydrogen (secondary N) is 1. The van der Waals surface area contributed by atoms with Crippen LogP contribution in [-0.4, -0.2) is 17.7 Å². The van der Waals surface area contributed by atoms with Crippen molar-refractivity contribution < 1.29 is 9.90 Å². The van der Waals surface area contributed by atoms with Crippen LogP contribution in [0.15, 0.2) is 65.6 Å². The molecular formula is C26H28N4O2S. The zero-order valence-electron chi connectivity index (χ0n) is 18.4. The maximum absolute atomic E-state index is 13.2. The number of rotatable bonds is 4. The Balaban J connectivity index is 1.42. The van der Waals surface area contributed by atoms with Crippen molar-refractivity contribution in [3.05, 3.63) is 71.8 Å². The van der Waals surface area contributed by atoms with Gasteiger partial charge in [0.15, 0.2) is 0 Å². The summed E-state index contributed by atoms with van der Waals surface area (Å²) in [5.41, 5.74) is 11.9. The molecule has 0 bridgehead atoms. The van der Waals surface area contributed by atoms with Crippen LogP contribution in [0.2, 0.25) is 0 Å². The fourth-order valence-electron chi connectivity index (χ4n) is 5.27. The van der Waals surface area contributed by atoms with Gasteiger partial charge in [-0.1, -0.05) is 31.0 Å². The van der Waals surface area contributed by atoms with Crippen molar-refractivity contribution in [1.82, 2.24) is 5.32 Å². The first-order chi connectivity index (χ1) is 16.0. The van der Waals surface area contributed by atoms with Crippen molar-refractivity contribution in [2.45, 2.75) is 42.5 Å². The summed E-state index contributed by atoms with van der Waals surface area (Å²) < 4.78 is 0. The van der Waals surface area contributed by atoms with Gasteiger partial charge in [-0.3, -0.25) is 10.0 Å². The minimum Gasteiger partial charge on any atom is -0.508 e. The molecule has 0 saturated heterocycles. The average molecular weight is 461 g/mol. The van der Waals surface area contributed by atoms with Gasteiger partial charge >= 0.3 is 6.03 Å². The third-order valence-electron chi connectivity index (χ3n) is 6.97. The molecule has 33 heavy (non-hydrogen) atoms. The first-order valence-corrected chi connectivity index (χ1v) is 12.1. The van der Waals surface area contributed by atoms with Gasteiger partial charge in [0.25, 0.3) is 0 Å². The van der Waals surface area contributed by atoms with E-state index >= 15 is 0 Å². The second kappa shape index (κ2) is 8.65. The molecule has 1 saturated carbocycles. The lowest BCUT2D eigenvalue weighted by Gasteiger charge is -2.25. The number of phenolic OH excluding ortho intramolecular Hbond substituents is 1. The van der Waals surface area contributed by atoms with E-state index in [2.05, 4.69) is 11.4 Å². The summed E-state index contributed by atoms with van der Waals surface area (Å²) in [6.45, 7) is 1.17. The summed E-state index contributed by atoms with van der Waals surface area (Å²) in [7, 11) is 0. The predicted molar refractivity (Wildman–Crippen MR) is 134 cm³/mol. The summed E-state index contributed by atoms with van der Waals surface area (Å²) in [4.78, 5) is 16.1. The predicted octanol–water partition coefficient (Wildman–Crippen LogP) is 5.15. The highest BCUT2D eigenvalue weighted by atomic mass is 32.2. The molecule has 1 aliphatic heterocycles. The fraction of sp³-hybridized carbons (Fsp3) is 0.269. The van der Waals surface area contributed by atoms with Gasteiger partial charge in [-0.05, 0) is 77.9 Å². The molecule has 2 amide bonds. The van der Waals surface area contributed by atoms with E-state index in [1.165, 1.54) is 30.4 Å². The number of amides is 2. The van der Waals surface area contributed by atoms with Gasteiger partial charge in [0, 0.05) is 46.4 Å². The fourth-order valence-corrected chi connectivity index (χ4v) is 5.56. The van der Waals surface area contributed by atoms with Crippen molar-refractivity contribution in [3.63, 3.8) is 0 Å². The number of nitrogens with two attached hydrogens (primary N) is 2. The molecule has 0 aromatic heterocycles. The molecule has 0 radical (unpaired) electrons. The van der Waals surface area contributed by atoms with Gasteiger partial charge in [-0.2, -0.15) is 0 Å². The molecule has 1 spiro atoms. The Hall–Kier alpha value is -3.16. The van der Waals surface area contributed by atoms with Crippen LogP contribution < -0.4 is 21.1 Å². The Bertz CT molecular complexity index is 1190. The van der Waals surface area contributed by atoms with E-state index in [-0.39, 0.29) is 17.2 Å². The Morgan fingerprint density at radius 2 is 1.82 bits per heavy atom. The Morgan fingerprint density at radius 1 is 1.06 bits per heavy atom. The molecule has 2 aliphatic rings. The summed E-state index contributed by atoms with van der Waals surface area (Å²) in [6, 6.07) is 19.1. The number of nitrogen functional groups attached to an aromatic ring is 1. The van der Waals surface area contributed by atoms with E-state index in [0.29, 0.717) is 18.8 Å². The minimum absolute atomic E-state index is 0.00559.